The Morgan fingerprint density at radius 2 is 2.00 bits per heavy atom. The lowest BCUT2D eigenvalue weighted by Crippen LogP contribution is -2.23. The van der Waals surface area contributed by atoms with Crippen molar-refractivity contribution in [1.29, 1.82) is 0 Å². The van der Waals surface area contributed by atoms with Crippen LogP contribution in [0.15, 0.2) is 30.5 Å². The molecule has 1 aromatic heterocycles. The maximum atomic E-state index is 12.1. The molecule has 0 aliphatic heterocycles. The van der Waals surface area contributed by atoms with E-state index in [2.05, 4.69) is 5.10 Å². The molecule has 0 atom stereocenters. The highest BCUT2D eigenvalue weighted by Crippen LogP contribution is 2.22. The average Bonchev–Trinajstić information content (AvgIpc) is 2.84. The third kappa shape index (κ3) is 3.28. The molecule has 1 heterocycles. The topological polar surface area (TPSA) is 75.4 Å². The van der Waals surface area contributed by atoms with Gasteiger partial charge in [0.1, 0.15) is 0 Å². The van der Waals surface area contributed by atoms with E-state index >= 15 is 0 Å². The van der Waals surface area contributed by atoms with Crippen molar-refractivity contribution in [2.75, 3.05) is 14.1 Å². The molecule has 0 spiro atoms. The summed E-state index contributed by atoms with van der Waals surface area (Å²) in [4.78, 5) is 24.6. The second-order valence-corrected chi connectivity index (χ2v) is 5.02. The fourth-order valence-electron chi connectivity index (χ4n) is 2.08. The molecule has 0 unspecified atom stereocenters. The lowest BCUT2D eigenvalue weighted by molar-refractivity contribution is -0.136. The first-order valence-electron chi connectivity index (χ1n) is 6.45. The normalized spacial score (nSPS) is 10.4. The smallest absolute Gasteiger partial charge is 0.307 e. The molecule has 1 N–H and O–H groups in total. The lowest BCUT2D eigenvalue weighted by atomic mass is 9.99. The predicted molar refractivity (Wildman–Crippen MR) is 78.0 cm³/mol. The maximum absolute atomic E-state index is 12.1. The molecule has 110 valence electrons. The van der Waals surface area contributed by atoms with E-state index in [0.29, 0.717) is 11.1 Å². The van der Waals surface area contributed by atoms with Crippen molar-refractivity contribution in [2.24, 2.45) is 7.05 Å². The highest BCUT2D eigenvalue weighted by atomic mass is 16.4. The number of carboxylic acids is 1. The predicted octanol–water partition coefficient (Wildman–Crippen LogP) is 1.42. The molecule has 6 heteroatoms. The molecule has 1 aromatic carbocycles. The number of carboxylic acid groups (broad SMARTS) is 1. The molecule has 1 amide bonds. The van der Waals surface area contributed by atoms with Gasteiger partial charge < -0.3 is 10.0 Å². The Kier molecular flexibility index (Phi) is 4.07. The summed E-state index contributed by atoms with van der Waals surface area (Å²) >= 11 is 0. The summed E-state index contributed by atoms with van der Waals surface area (Å²) in [6.07, 6.45) is 1.61. The first-order chi connectivity index (χ1) is 9.88. The highest BCUT2D eigenvalue weighted by molar-refractivity contribution is 5.97. The molecular weight excluding hydrogens is 270 g/mol. The third-order valence-electron chi connectivity index (χ3n) is 3.09. The van der Waals surface area contributed by atoms with E-state index in [1.54, 1.807) is 37.0 Å². The Bertz CT molecular complexity index is 689. The number of hydrogen-bond acceptors (Lipinski definition) is 3. The van der Waals surface area contributed by atoms with E-state index < -0.39 is 5.97 Å². The molecule has 0 saturated heterocycles. The maximum Gasteiger partial charge on any atom is 0.307 e. The van der Waals surface area contributed by atoms with Gasteiger partial charge in [0.15, 0.2) is 0 Å². The van der Waals surface area contributed by atoms with Crippen LogP contribution in [0.25, 0.3) is 11.3 Å². The van der Waals surface area contributed by atoms with Crippen LogP contribution in [0.1, 0.15) is 15.9 Å². The van der Waals surface area contributed by atoms with Gasteiger partial charge in [0.05, 0.1) is 12.1 Å². The Morgan fingerprint density at radius 1 is 1.29 bits per heavy atom. The zero-order chi connectivity index (χ0) is 15.6. The Labute approximate surface area is 122 Å². The van der Waals surface area contributed by atoms with Crippen molar-refractivity contribution in [3.8, 4) is 11.3 Å². The van der Waals surface area contributed by atoms with Gasteiger partial charge in [0.2, 0.25) is 0 Å². The van der Waals surface area contributed by atoms with E-state index in [1.165, 1.54) is 4.90 Å². The SMILES string of the molecule is CN(C)C(=O)c1ccc(-c2ccn(C)n2)cc1CC(=O)O. The van der Waals surface area contributed by atoms with Crippen molar-refractivity contribution in [3.63, 3.8) is 0 Å². The quantitative estimate of drug-likeness (QED) is 0.922. The Balaban J connectivity index is 2.48. The van der Waals surface area contributed by atoms with Crippen molar-refractivity contribution >= 4 is 11.9 Å². The molecule has 2 aromatic rings. The third-order valence-corrected chi connectivity index (χ3v) is 3.09. The largest absolute Gasteiger partial charge is 0.481 e. The van der Waals surface area contributed by atoms with Gasteiger partial charge in [-0.05, 0) is 23.8 Å². The van der Waals surface area contributed by atoms with Crippen LogP contribution >= 0.6 is 0 Å². The summed E-state index contributed by atoms with van der Waals surface area (Å²) in [6.45, 7) is 0. The number of carbonyl (C=O) groups excluding carboxylic acids is 1. The molecule has 21 heavy (non-hydrogen) atoms. The van der Waals surface area contributed by atoms with Crippen LogP contribution in [0.5, 0.6) is 0 Å². The van der Waals surface area contributed by atoms with Gasteiger partial charge in [-0.25, -0.2) is 0 Å². The van der Waals surface area contributed by atoms with Crippen LogP contribution in [0.2, 0.25) is 0 Å². The van der Waals surface area contributed by atoms with E-state index in [0.717, 1.165) is 11.3 Å². The van der Waals surface area contributed by atoms with Gasteiger partial charge >= 0.3 is 5.97 Å². The summed E-state index contributed by atoms with van der Waals surface area (Å²) in [6, 6.07) is 7.00. The van der Waals surface area contributed by atoms with Crippen LogP contribution in [-0.4, -0.2) is 45.8 Å². The van der Waals surface area contributed by atoms with Crippen LogP contribution in [0, 0.1) is 0 Å². The van der Waals surface area contributed by atoms with E-state index in [9.17, 15) is 9.59 Å². The summed E-state index contributed by atoms with van der Waals surface area (Å²) in [5, 5.41) is 13.3. The van der Waals surface area contributed by atoms with Gasteiger partial charge in [-0.1, -0.05) is 6.07 Å². The molecule has 2 rings (SSSR count). The second-order valence-electron chi connectivity index (χ2n) is 5.02. The van der Waals surface area contributed by atoms with Gasteiger partial charge in [-0.15, -0.1) is 0 Å². The number of rotatable bonds is 4. The molecular formula is C15H17N3O3. The van der Waals surface area contributed by atoms with Gasteiger partial charge in [0, 0.05) is 38.5 Å². The second kappa shape index (κ2) is 5.78. The first-order valence-corrected chi connectivity index (χ1v) is 6.45. The fourth-order valence-corrected chi connectivity index (χ4v) is 2.08. The average molecular weight is 287 g/mol. The standard InChI is InChI=1S/C15H17N3O3/c1-17(2)15(21)12-5-4-10(8-11(12)9-14(19)20)13-6-7-18(3)16-13/h4-8H,9H2,1-3H3,(H,19,20). The van der Waals surface area contributed by atoms with Gasteiger partial charge in [-0.3, -0.25) is 14.3 Å². The number of amides is 1. The number of aryl methyl sites for hydroxylation is 1. The molecule has 0 saturated carbocycles. The number of benzene rings is 1. The summed E-state index contributed by atoms with van der Waals surface area (Å²) in [5.74, 6) is -1.18. The number of hydrogen-bond donors (Lipinski definition) is 1. The number of aliphatic carboxylic acids is 1. The van der Waals surface area contributed by atoms with Crippen molar-refractivity contribution in [2.45, 2.75) is 6.42 Å². The number of nitrogens with zero attached hydrogens (tertiary/aromatic N) is 3. The zero-order valence-electron chi connectivity index (χ0n) is 12.2. The highest BCUT2D eigenvalue weighted by Gasteiger charge is 2.16. The fraction of sp³-hybridized carbons (Fsp3) is 0.267. The van der Waals surface area contributed by atoms with E-state index in [4.69, 9.17) is 5.11 Å². The van der Waals surface area contributed by atoms with Crippen LogP contribution in [0.3, 0.4) is 0 Å². The Hall–Kier alpha value is -2.63. The zero-order valence-corrected chi connectivity index (χ0v) is 12.2. The van der Waals surface area contributed by atoms with Gasteiger partial charge in [-0.2, -0.15) is 5.10 Å². The molecule has 0 aliphatic rings. The van der Waals surface area contributed by atoms with Crippen molar-refractivity contribution in [3.05, 3.63) is 41.6 Å². The minimum atomic E-state index is -0.971. The molecule has 0 radical (unpaired) electrons. The van der Waals surface area contributed by atoms with Gasteiger partial charge in [0.25, 0.3) is 5.91 Å². The molecule has 6 nitrogen and oxygen atoms in total. The molecule has 0 bridgehead atoms. The summed E-state index contributed by atoms with van der Waals surface area (Å²) < 4.78 is 1.67. The van der Waals surface area contributed by atoms with Crippen LogP contribution < -0.4 is 0 Å². The summed E-state index contributed by atoms with van der Waals surface area (Å²) in [5.41, 5.74) is 2.43. The first kappa shape index (κ1) is 14.8. The molecule has 0 aliphatic carbocycles. The van der Waals surface area contributed by atoms with Crippen LogP contribution in [0.4, 0.5) is 0 Å². The number of carbonyl (C=O) groups is 2. The van der Waals surface area contributed by atoms with Crippen molar-refractivity contribution in [1.82, 2.24) is 14.7 Å². The summed E-state index contributed by atoms with van der Waals surface area (Å²) in [7, 11) is 5.09. The number of aromatic nitrogens is 2. The Morgan fingerprint density at radius 3 is 2.52 bits per heavy atom. The minimum Gasteiger partial charge on any atom is -0.481 e. The minimum absolute atomic E-state index is 0.199. The van der Waals surface area contributed by atoms with Crippen molar-refractivity contribution < 1.29 is 14.7 Å². The van der Waals surface area contributed by atoms with E-state index in [1.807, 2.05) is 19.3 Å². The monoisotopic (exact) mass is 287 g/mol. The van der Waals surface area contributed by atoms with Crippen LogP contribution in [-0.2, 0) is 18.3 Å². The van der Waals surface area contributed by atoms with E-state index in [-0.39, 0.29) is 12.3 Å². The lowest BCUT2D eigenvalue weighted by Gasteiger charge is -2.14. The molecule has 0 fully saturated rings.